The first-order valence-corrected chi connectivity index (χ1v) is 17.4. The minimum Gasteiger partial charge on any atom is -0.462 e. The van der Waals surface area contributed by atoms with Crippen LogP contribution in [0.2, 0.25) is 0 Å². The van der Waals surface area contributed by atoms with Crippen molar-refractivity contribution >= 4 is 11.8 Å². The van der Waals surface area contributed by atoms with E-state index in [0.717, 1.165) is 5.57 Å². The number of carbonyl (C=O) groups is 2. The molecule has 0 bridgehead atoms. The third-order valence-electron chi connectivity index (χ3n) is 9.94. The van der Waals surface area contributed by atoms with Crippen molar-refractivity contribution in [3.8, 4) is 0 Å². The first-order chi connectivity index (χ1) is 23.1. The summed E-state index contributed by atoms with van der Waals surface area (Å²) in [5, 5.41) is 32.1. The number of hydrogen-bond donors (Lipinski definition) is 4. The molecule has 13 nitrogen and oxygen atoms in total. The standard InChI is InChI=1S/C36H59NO12/c1-10-28-24(17-45-36-35(44-9)34(43-8)32(42)23(7)47-36)13-18(2)11-12-26(38)19(3)14-20(4)33(21(5)27(39)16-29(40)48-28)49-30-15-25(37)31(41)22(6)46-30/h11-13,15,19-25,27-28,31-36,39,41-42H,10,14,16-17,37H2,1-9H3/b12-11+,18-13+. The normalized spacial score (nSPS) is 43.4. The maximum Gasteiger partial charge on any atom is 0.308 e. The maximum atomic E-state index is 13.4. The van der Waals surface area contributed by atoms with Crippen molar-refractivity contribution in [2.45, 2.75) is 135 Å². The Bertz CT molecular complexity index is 1170. The summed E-state index contributed by atoms with van der Waals surface area (Å²) in [6.07, 6.45) is -0.533. The third-order valence-corrected chi connectivity index (χ3v) is 9.94. The van der Waals surface area contributed by atoms with Gasteiger partial charge in [0.05, 0.1) is 31.3 Å². The van der Waals surface area contributed by atoms with Gasteiger partial charge in [0.15, 0.2) is 12.1 Å². The van der Waals surface area contributed by atoms with Gasteiger partial charge in [-0.2, -0.15) is 0 Å². The molecule has 15 atom stereocenters. The van der Waals surface area contributed by atoms with Gasteiger partial charge in [0.1, 0.15) is 42.7 Å². The molecule has 0 aliphatic carbocycles. The molecule has 3 rings (SSSR count). The van der Waals surface area contributed by atoms with E-state index in [1.165, 1.54) is 20.3 Å². The minimum atomic E-state index is -1.15. The largest absolute Gasteiger partial charge is 0.462 e. The molecular formula is C36H59NO12. The van der Waals surface area contributed by atoms with E-state index in [9.17, 15) is 24.9 Å². The molecule has 0 amide bonds. The zero-order chi connectivity index (χ0) is 36.6. The first kappa shape index (κ1) is 41.1. The van der Waals surface area contributed by atoms with Crippen LogP contribution in [0.3, 0.4) is 0 Å². The summed E-state index contributed by atoms with van der Waals surface area (Å²) in [6, 6.07) is -0.707. The van der Waals surface area contributed by atoms with Gasteiger partial charge >= 0.3 is 5.97 Å². The smallest absolute Gasteiger partial charge is 0.308 e. The van der Waals surface area contributed by atoms with E-state index in [1.807, 2.05) is 33.8 Å². The molecule has 280 valence electrons. The van der Waals surface area contributed by atoms with Crippen LogP contribution >= 0.6 is 0 Å². The van der Waals surface area contributed by atoms with Crippen LogP contribution in [0.5, 0.6) is 0 Å². The van der Waals surface area contributed by atoms with Gasteiger partial charge in [-0.25, -0.2) is 0 Å². The Morgan fingerprint density at radius 2 is 1.57 bits per heavy atom. The number of aliphatic hydroxyl groups excluding tert-OH is 3. The van der Waals surface area contributed by atoms with Gasteiger partial charge in [-0.1, -0.05) is 45.4 Å². The zero-order valence-electron chi connectivity index (χ0n) is 30.4. The van der Waals surface area contributed by atoms with Crippen LogP contribution in [-0.4, -0.2) is 115 Å². The van der Waals surface area contributed by atoms with E-state index in [0.29, 0.717) is 12.8 Å². The van der Waals surface area contributed by atoms with Crippen molar-refractivity contribution in [1.29, 1.82) is 0 Å². The van der Waals surface area contributed by atoms with Gasteiger partial charge < -0.3 is 54.2 Å². The van der Waals surface area contributed by atoms with Gasteiger partial charge in [-0.15, -0.1) is 0 Å². The number of aliphatic hydroxyl groups is 3. The average Bonchev–Trinajstić information content (AvgIpc) is 3.05. The van der Waals surface area contributed by atoms with E-state index < -0.39 is 85.1 Å². The Morgan fingerprint density at radius 1 is 0.898 bits per heavy atom. The number of carbonyl (C=O) groups excluding carboxylic acids is 2. The summed E-state index contributed by atoms with van der Waals surface area (Å²) in [6.45, 7) is 12.7. The highest BCUT2D eigenvalue weighted by Gasteiger charge is 2.45. The van der Waals surface area contributed by atoms with E-state index in [2.05, 4.69) is 0 Å². The van der Waals surface area contributed by atoms with Crippen LogP contribution in [0.15, 0.2) is 35.8 Å². The lowest BCUT2D eigenvalue weighted by atomic mass is 9.82. The molecular weight excluding hydrogens is 638 g/mol. The van der Waals surface area contributed by atoms with Crippen molar-refractivity contribution < 1.29 is 58.1 Å². The molecule has 0 aromatic carbocycles. The Kier molecular flexibility index (Phi) is 15.7. The number of rotatable bonds is 8. The minimum absolute atomic E-state index is 0.0574. The Morgan fingerprint density at radius 3 is 2.18 bits per heavy atom. The Balaban J connectivity index is 1.89. The molecule has 13 heteroatoms. The molecule has 49 heavy (non-hydrogen) atoms. The number of nitrogens with two attached hydrogens (primary N) is 1. The fraction of sp³-hybridized carbons (Fsp3) is 0.778. The van der Waals surface area contributed by atoms with E-state index in [-0.39, 0.29) is 36.6 Å². The Hall–Kier alpha value is -2.36. The topological polar surface area (TPSA) is 185 Å². The van der Waals surface area contributed by atoms with Gasteiger partial charge in [-0.3, -0.25) is 9.59 Å². The molecule has 0 saturated carbocycles. The second-order valence-corrected chi connectivity index (χ2v) is 13.9. The molecule has 3 aliphatic rings. The van der Waals surface area contributed by atoms with Crippen molar-refractivity contribution in [3.05, 3.63) is 35.8 Å². The number of allylic oxidation sites excluding steroid dienone is 3. The lowest BCUT2D eigenvalue weighted by Gasteiger charge is -2.42. The number of methoxy groups -OCH3 is 2. The molecule has 0 aromatic heterocycles. The molecule has 1 saturated heterocycles. The summed E-state index contributed by atoms with van der Waals surface area (Å²) in [4.78, 5) is 26.7. The summed E-state index contributed by atoms with van der Waals surface area (Å²) < 4.78 is 41.3. The second kappa shape index (κ2) is 18.8. The van der Waals surface area contributed by atoms with Crippen LogP contribution < -0.4 is 5.73 Å². The monoisotopic (exact) mass is 697 g/mol. The van der Waals surface area contributed by atoms with Crippen molar-refractivity contribution in [2.24, 2.45) is 29.4 Å². The molecule has 3 aliphatic heterocycles. The van der Waals surface area contributed by atoms with Crippen LogP contribution in [-0.2, 0) is 42.7 Å². The Labute approximate surface area is 290 Å². The highest BCUT2D eigenvalue weighted by atomic mass is 16.7. The lowest BCUT2D eigenvalue weighted by Crippen LogP contribution is -2.59. The molecule has 5 N–H and O–H groups in total. The van der Waals surface area contributed by atoms with Crippen LogP contribution in [0.1, 0.15) is 67.7 Å². The summed E-state index contributed by atoms with van der Waals surface area (Å²) >= 11 is 0. The number of ketones is 1. The quantitative estimate of drug-likeness (QED) is 0.272. The predicted octanol–water partition coefficient (Wildman–Crippen LogP) is 2.54. The van der Waals surface area contributed by atoms with Crippen LogP contribution in [0.4, 0.5) is 0 Å². The molecule has 0 spiro atoms. The fourth-order valence-electron chi connectivity index (χ4n) is 6.76. The van der Waals surface area contributed by atoms with Crippen LogP contribution in [0.25, 0.3) is 0 Å². The highest BCUT2D eigenvalue weighted by molar-refractivity contribution is 5.91. The third kappa shape index (κ3) is 10.8. The highest BCUT2D eigenvalue weighted by Crippen LogP contribution is 2.32. The average molecular weight is 698 g/mol. The number of esters is 1. The molecule has 0 aromatic rings. The van der Waals surface area contributed by atoms with Crippen molar-refractivity contribution in [1.82, 2.24) is 0 Å². The number of cyclic esters (lactones) is 1. The lowest BCUT2D eigenvalue weighted by molar-refractivity contribution is -0.304. The van der Waals surface area contributed by atoms with E-state index in [4.69, 9.17) is 38.9 Å². The first-order valence-electron chi connectivity index (χ1n) is 17.4. The molecule has 1 fully saturated rings. The summed E-state index contributed by atoms with van der Waals surface area (Å²) in [5.41, 5.74) is 6.84. The van der Waals surface area contributed by atoms with Gasteiger partial charge in [0.25, 0.3) is 5.95 Å². The van der Waals surface area contributed by atoms with E-state index >= 15 is 0 Å². The van der Waals surface area contributed by atoms with Crippen LogP contribution in [0, 0.1) is 23.7 Å². The van der Waals surface area contributed by atoms with Gasteiger partial charge in [0, 0.05) is 38.0 Å². The molecule has 15 unspecified atom stereocenters. The summed E-state index contributed by atoms with van der Waals surface area (Å²) in [7, 11) is 2.97. The molecule has 3 heterocycles. The maximum absolute atomic E-state index is 13.4. The van der Waals surface area contributed by atoms with Crippen molar-refractivity contribution in [2.75, 3.05) is 20.8 Å². The fourth-order valence-corrected chi connectivity index (χ4v) is 6.76. The molecule has 0 radical (unpaired) electrons. The van der Waals surface area contributed by atoms with Crippen molar-refractivity contribution in [3.63, 3.8) is 0 Å². The summed E-state index contributed by atoms with van der Waals surface area (Å²) in [5.74, 6) is -2.21. The number of ether oxygens (including phenoxy) is 7. The number of hydrogen-bond acceptors (Lipinski definition) is 13. The van der Waals surface area contributed by atoms with Gasteiger partial charge in [0.2, 0.25) is 0 Å². The predicted molar refractivity (Wildman–Crippen MR) is 180 cm³/mol. The SMILES string of the molecule is CCC1OC(=O)CC(O)C(C)C(OC2=CC(N)C(O)C(C)O2)C(C)CC(C)C(=O)/C=C/C(C)=C/C1COC1OC(C)C(O)C(OC)C1OC. The van der Waals surface area contributed by atoms with Gasteiger partial charge in [-0.05, 0) is 45.6 Å². The zero-order valence-corrected chi connectivity index (χ0v) is 30.4. The van der Waals surface area contributed by atoms with E-state index in [1.54, 1.807) is 32.9 Å². The second-order valence-electron chi connectivity index (χ2n) is 13.9.